The van der Waals surface area contributed by atoms with Crippen LogP contribution < -0.4 is 0 Å². The van der Waals surface area contributed by atoms with Crippen LogP contribution in [0.4, 0.5) is 0 Å². The van der Waals surface area contributed by atoms with E-state index < -0.39 is 0 Å². The molecule has 0 saturated carbocycles. The number of fused-ring (bicyclic) bond motifs is 1. The zero-order valence-corrected chi connectivity index (χ0v) is 10.8. The minimum absolute atomic E-state index is 0.346. The first-order valence-corrected chi connectivity index (χ1v) is 6.05. The number of aryl methyl sites for hydroxylation is 2. The summed E-state index contributed by atoms with van der Waals surface area (Å²) in [6.07, 6.45) is 3.16. The normalized spacial score (nSPS) is 10.8. The van der Waals surface area contributed by atoms with Gasteiger partial charge in [-0.2, -0.15) is 10.1 Å². The molecule has 0 saturated heterocycles. The highest BCUT2D eigenvalue weighted by atomic mass is 16.5. The van der Waals surface area contributed by atoms with Gasteiger partial charge in [0.15, 0.2) is 0 Å². The van der Waals surface area contributed by atoms with E-state index in [1.54, 1.807) is 18.4 Å². The largest absolute Gasteiger partial charge is 0.462 e. The number of aromatic nitrogens is 4. The number of carbonyl (C=O) groups is 1. The lowest BCUT2D eigenvalue weighted by Gasteiger charge is -2.08. The van der Waals surface area contributed by atoms with Gasteiger partial charge in [0, 0.05) is 6.20 Å². The van der Waals surface area contributed by atoms with Crippen molar-refractivity contribution in [2.24, 2.45) is 0 Å². The van der Waals surface area contributed by atoms with E-state index in [1.807, 2.05) is 6.92 Å². The van der Waals surface area contributed by atoms with Crippen molar-refractivity contribution in [1.29, 1.82) is 0 Å². The molecule has 2 rings (SSSR count). The van der Waals surface area contributed by atoms with Crippen molar-refractivity contribution in [1.82, 2.24) is 19.6 Å². The van der Waals surface area contributed by atoms with Gasteiger partial charge in [-0.15, -0.1) is 0 Å². The molecule has 0 unspecified atom stereocenters. The molecule has 0 radical (unpaired) electrons. The van der Waals surface area contributed by atoms with Crippen LogP contribution in [0.5, 0.6) is 0 Å². The Bertz CT molecular complexity index is 577. The van der Waals surface area contributed by atoms with E-state index in [9.17, 15) is 4.79 Å². The molecule has 0 aromatic carbocycles. The van der Waals surface area contributed by atoms with Gasteiger partial charge in [-0.1, -0.05) is 13.3 Å². The predicted octanol–water partition coefficient (Wildman–Crippen LogP) is 1.56. The number of esters is 1. The number of ether oxygens (including phenoxy) is 1. The molecule has 2 aromatic heterocycles. The molecule has 0 aliphatic heterocycles. The third-order valence-corrected chi connectivity index (χ3v) is 2.55. The van der Waals surface area contributed by atoms with E-state index in [-0.39, 0.29) is 5.97 Å². The molecular weight excluding hydrogens is 232 g/mol. The summed E-state index contributed by atoms with van der Waals surface area (Å²) in [6, 6.07) is 0. The van der Waals surface area contributed by atoms with Crippen molar-refractivity contribution in [3.8, 4) is 0 Å². The first kappa shape index (κ1) is 12.5. The maximum atomic E-state index is 11.9. The van der Waals surface area contributed by atoms with E-state index in [0.29, 0.717) is 23.8 Å². The standard InChI is InChI=1S/C12H16N4O2/c1-4-6-10-9(11(17)18-5-2)7-13-12-14-8(3)15-16(10)12/h7H,4-6H2,1-3H3. The molecule has 0 N–H and O–H groups in total. The van der Waals surface area contributed by atoms with Crippen LogP contribution >= 0.6 is 0 Å². The molecule has 0 fully saturated rings. The van der Waals surface area contributed by atoms with Gasteiger partial charge in [0.2, 0.25) is 0 Å². The maximum Gasteiger partial charge on any atom is 0.341 e. The fraction of sp³-hybridized carbons (Fsp3) is 0.500. The minimum Gasteiger partial charge on any atom is -0.462 e. The quantitative estimate of drug-likeness (QED) is 0.768. The van der Waals surface area contributed by atoms with Crippen LogP contribution in [0, 0.1) is 6.92 Å². The van der Waals surface area contributed by atoms with Gasteiger partial charge >= 0.3 is 5.97 Å². The summed E-state index contributed by atoms with van der Waals surface area (Å²) < 4.78 is 6.66. The van der Waals surface area contributed by atoms with Crippen molar-refractivity contribution in [3.63, 3.8) is 0 Å². The molecule has 0 bridgehead atoms. The van der Waals surface area contributed by atoms with Crippen molar-refractivity contribution in [2.45, 2.75) is 33.6 Å². The summed E-state index contributed by atoms with van der Waals surface area (Å²) >= 11 is 0. The van der Waals surface area contributed by atoms with Gasteiger partial charge in [-0.3, -0.25) is 0 Å². The molecule has 0 amide bonds. The third kappa shape index (κ3) is 2.18. The molecule has 0 aliphatic rings. The number of rotatable bonds is 4. The molecule has 0 aliphatic carbocycles. The summed E-state index contributed by atoms with van der Waals surface area (Å²) in [4.78, 5) is 20.2. The average molecular weight is 248 g/mol. The Morgan fingerprint density at radius 2 is 2.22 bits per heavy atom. The van der Waals surface area contributed by atoms with Crippen LogP contribution in [-0.4, -0.2) is 32.2 Å². The Hall–Kier alpha value is -1.98. The van der Waals surface area contributed by atoms with E-state index in [4.69, 9.17) is 4.74 Å². The first-order chi connectivity index (χ1) is 8.67. The summed E-state index contributed by atoms with van der Waals surface area (Å²) in [5, 5.41) is 4.27. The number of carbonyl (C=O) groups excluding carboxylic acids is 1. The highest BCUT2D eigenvalue weighted by Gasteiger charge is 2.17. The van der Waals surface area contributed by atoms with Gasteiger partial charge in [-0.25, -0.2) is 14.3 Å². The number of hydrogen-bond donors (Lipinski definition) is 0. The maximum absolute atomic E-state index is 11.9. The summed E-state index contributed by atoms with van der Waals surface area (Å²) in [6.45, 7) is 5.97. The molecular formula is C12H16N4O2. The van der Waals surface area contributed by atoms with Crippen molar-refractivity contribution >= 4 is 11.7 Å². The highest BCUT2D eigenvalue weighted by molar-refractivity contribution is 5.90. The van der Waals surface area contributed by atoms with Gasteiger partial charge in [0.05, 0.1) is 17.9 Å². The summed E-state index contributed by atoms with van der Waals surface area (Å²) in [5.74, 6) is 0.799. The van der Waals surface area contributed by atoms with Gasteiger partial charge in [-0.05, 0) is 20.3 Å². The van der Waals surface area contributed by atoms with Crippen LogP contribution in [0.25, 0.3) is 5.78 Å². The molecule has 0 atom stereocenters. The van der Waals surface area contributed by atoms with Crippen LogP contribution in [-0.2, 0) is 11.2 Å². The van der Waals surface area contributed by atoms with E-state index in [0.717, 1.165) is 18.5 Å². The molecule has 18 heavy (non-hydrogen) atoms. The van der Waals surface area contributed by atoms with E-state index in [1.165, 1.54) is 6.20 Å². The van der Waals surface area contributed by atoms with E-state index in [2.05, 4.69) is 15.1 Å². The molecule has 96 valence electrons. The second kappa shape index (κ2) is 5.12. The average Bonchev–Trinajstić information content (AvgIpc) is 2.71. The second-order valence-electron chi connectivity index (χ2n) is 3.96. The van der Waals surface area contributed by atoms with Crippen LogP contribution in [0.3, 0.4) is 0 Å². The predicted molar refractivity (Wildman–Crippen MR) is 65.5 cm³/mol. The smallest absolute Gasteiger partial charge is 0.341 e. The monoisotopic (exact) mass is 248 g/mol. The lowest BCUT2D eigenvalue weighted by Crippen LogP contribution is -2.13. The SMILES string of the molecule is CCCc1c(C(=O)OCC)cnc2nc(C)nn12. The lowest BCUT2D eigenvalue weighted by molar-refractivity contribution is 0.0523. The Morgan fingerprint density at radius 3 is 2.89 bits per heavy atom. The summed E-state index contributed by atoms with van der Waals surface area (Å²) in [5.41, 5.74) is 1.28. The van der Waals surface area contributed by atoms with Crippen molar-refractivity contribution in [3.05, 3.63) is 23.3 Å². The minimum atomic E-state index is -0.358. The Balaban J connectivity index is 2.58. The highest BCUT2D eigenvalue weighted by Crippen LogP contribution is 2.13. The molecule has 2 aromatic rings. The first-order valence-electron chi connectivity index (χ1n) is 6.05. The second-order valence-corrected chi connectivity index (χ2v) is 3.96. The van der Waals surface area contributed by atoms with Crippen molar-refractivity contribution < 1.29 is 9.53 Å². The Labute approximate surface area is 105 Å². The van der Waals surface area contributed by atoms with Gasteiger partial charge < -0.3 is 4.74 Å². The zero-order valence-electron chi connectivity index (χ0n) is 10.8. The van der Waals surface area contributed by atoms with Crippen LogP contribution in [0.1, 0.15) is 42.1 Å². The van der Waals surface area contributed by atoms with E-state index >= 15 is 0 Å². The van der Waals surface area contributed by atoms with Gasteiger partial charge in [0.1, 0.15) is 5.82 Å². The number of hydrogen-bond acceptors (Lipinski definition) is 5. The Kier molecular flexibility index (Phi) is 3.55. The third-order valence-electron chi connectivity index (χ3n) is 2.55. The van der Waals surface area contributed by atoms with Crippen LogP contribution in [0.2, 0.25) is 0 Å². The molecule has 0 spiro atoms. The Morgan fingerprint density at radius 1 is 1.44 bits per heavy atom. The fourth-order valence-corrected chi connectivity index (χ4v) is 1.84. The van der Waals surface area contributed by atoms with Crippen LogP contribution in [0.15, 0.2) is 6.20 Å². The number of nitrogens with zero attached hydrogens (tertiary/aromatic N) is 4. The summed E-state index contributed by atoms with van der Waals surface area (Å²) in [7, 11) is 0. The molecule has 2 heterocycles. The lowest BCUT2D eigenvalue weighted by atomic mass is 10.1. The fourth-order valence-electron chi connectivity index (χ4n) is 1.84. The molecule has 6 heteroatoms. The molecule has 6 nitrogen and oxygen atoms in total. The van der Waals surface area contributed by atoms with Crippen molar-refractivity contribution in [2.75, 3.05) is 6.61 Å². The topological polar surface area (TPSA) is 69.4 Å². The zero-order chi connectivity index (χ0) is 13.1. The van der Waals surface area contributed by atoms with Gasteiger partial charge in [0.25, 0.3) is 5.78 Å².